The summed E-state index contributed by atoms with van der Waals surface area (Å²) < 4.78 is 56.1. The summed E-state index contributed by atoms with van der Waals surface area (Å²) in [7, 11) is -7.30. The molecule has 44 heavy (non-hydrogen) atoms. The Bertz CT molecular complexity index is 1470. The van der Waals surface area contributed by atoms with Crippen LogP contribution >= 0.6 is 0 Å². The topological polar surface area (TPSA) is 109 Å². The number of hydrogen-bond donors (Lipinski definition) is 0. The fourth-order valence-electron chi connectivity index (χ4n) is 11.6. The van der Waals surface area contributed by atoms with Gasteiger partial charge < -0.3 is 0 Å². The van der Waals surface area contributed by atoms with Crippen LogP contribution in [0.2, 0.25) is 0 Å². The zero-order valence-electron chi connectivity index (χ0n) is 27.7. The Hall–Kier alpha value is -1.42. The summed E-state index contributed by atoms with van der Waals surface area (Å²) in [5.74, 6) is 0.0792. The first kappa shape index (κ1) is 32.5. The van der Waals surface area contributed by atoms with Gasteiger partial charge in [-0.2, -0.15) is 0 Å². The van der Waals surface area contributed by atoms with E-state index in [1.807, 2.05) is 0 Å². The van der Waals surface area contributed by atoms with Crippen LogP contribution < -0.4 is 0 Å². The van der Waals surface area contributed by atoms with Gasteiger partial charge in [0.2, 0.25) is 31.9 Å². The monoisotopic (exact) mass is 650 g/mol. The molecular weight excluding hydrogens is 597 g/mol. The molecule has 8 nitrogen and oxygen atoms in total. The zero-order chi connectivity index (χ0) is 32.3. The molecule has 2 saturated heterocycles. The summed E-state index contributed by atoms with van der Waals surface area (Å²) in [6.07, 6.45) is 10.4. The lowest BCUT2D eigenvalue weighted by Crippen LogP contribution is -2.46. The summed E-state index contributed by atoms with van der Waals surface area (Å²) in [6.45, 7) is 16.9. The summed E-state index contributed by atoms with van der Waals surface area (Å²) in [5, 5.41) is 0. The van der Waals surface area contributed by atoms with E-state index in [0.29, 0.717) is 31.1 Å². The van der Waals surface area contributed by atoms with Gasteiger partial charge in [-0.25, -0.2) is 25.4 Å². The average Bonchev–Trinajstić information content (AvgIpc) is 3.59. The minimum atomic E-state index is -3.69. The van der Waals surface area contributed by atoms with Crippen LogP contribution in [0.25, 0.3) is 0 Å². The second-order valence-corrected chi connectivity index (χ2v) is 21.1. The lowest BCUT2D eigenvalue weighted by molar-refractivity contribution is -0.134. The van der Waals surface area contributed by atoms with E-state index < -0.39 is 26.0 Å². The molecule has 6 rings (SSSR count). The van der Waals surface area contributed by atoms with Crippen molar-refractivity contribution in [3.63, 3.8) is 0 Å². The van der Waals surface area contributed by atoms with Crippen molar-refractivity contribution in [1.29, 1.82) is 0 Å². The van der Waals surface area contributed by atoms with Crippen molar-refractivity contribution in [2.24, 2.45) is 44.8 Å². The van der Waals surface area contributed by atoms with Crippen molar-refractivity contribution in [1.82, 2.24) is 8.61 Å². The number of carbonyl (C=O) groups is 2. The van der Waals surface area contributed by atoms with Crippen LogP contribution in [0.5, 0.6) is 0 Å². The SMILES string of the molecule is C=CC[C@H](CC(C)(C)CCCCC(=O)N1[C@@H]2C[C@H]3CC[C@]2(CS1(=O)=O)C3(C)C)C(=O)N1[C@@H]2C[C@H]3CC[C@]2(CS1(=O)=O)C3(C)C. The first-order valence-corrected chi connectivity index (χ1v) is 20.2. The molecule has 4 bridgehead atoms. The molecule has 10 heteroatoms. The lowest BCUT2D eigenvalue weighted by Gasteiger charge is -2.38. The molecule has 248 valence electrons. The highest BCUT2D eigenvalue weighted by Gasteiger charge is 2.73. The van der Waals surface area contributed by atoms with Gasteiger partial charge in [-0.3, -0.25) is 9.59 Å². The van der Waals surface area contributed by atoms with Crippen LogP contribution in [-0.2, 0) is 29.6 Å². The number of sulfonamides is 2. The Morgan fingerprint density at radius 2 is 1.36 bits per heavy atom. The Labute approximate surface area is 265 Å². The van der Waals surface area contributed by atoms with Gasteiger partial charge in [0.15, 0.2) is 0 Å². The van der Waals surface area contributed by atoms with E-state index in [9.17, 15) is 26.4 Å². The highest BCUT2D eigenvalue weighted by molar-refractivity contribution is 7.90. The maximum Gasteiger partial charge on any atom is 0.239 e. The predicted molar refractivity (Wildman–Crippen MR) is 171 cm³/mol. The number of unbranched alkanes of at least 4 members (excludes halogenated alkanes) is 1. The quantitative estimate of drug-likeness (QED) is 0.216. The molecule has 2 spiro atoms. The number of allylic oxidation sites excluding steroid dienone is 1. The molecule has 2 aliphatic heterocycles. The van der Waals surface area contributed by atoms with Crippen LogP contribution in [0.15, 0.2) is 12.7 Å². The van der Waals surface area contributed by atoms with Gasteiger partial charge in [0.1, 0.15) is 0 Å². The molecule has 0 aromatic rings. The standard InChI is InChI=1S/C34H54N2O6S2/c1-8-11-23(29(38)36-27-19-25-14-17-34(27,32(25,6)7)22-44(36,41)42)20-30(2,3)15-10-9-12-28(37)35-26-18-24-13-16-33(26,31(24,4)5)21-43(35,39)40/h8,23-27H,1,9-22H2,2-7H3/t23-,24-,25-,26-,27-,33-,34-/m1/s1. The average molecular weight is 651 g/mol. The molecule has 7 atom stereocenters. The van der Waals surface area contributed by atoms with E-state index in [2.05, 4.69) is 48.1 Å². The number of amides is 2. The third kappa shape index (κ3) is 4.37. The highest BCUT2D eigenvalue weighted by atomic mass is 32.2. The molecule has 0 aromatic carbocycles. The summed E-state index contributed by atoms with van der Waals surface area (Å²) >= 11 is 0. The Kier molecular flexibility index (Phi) is 7.42. The van der Waals surface area contributed by atoms with Crippen molar-refractivity contribution in [3.8, 4) is 0 Å². The number of carbonyl (C=O) groups excluding carboxylic acids is 2. The van der Waals surface area contributed by atoms with Crippen LogP contribution in [0.3, 0.4) is 0 Å². The van der Waals surface area contributed by atoms with Crippen molar-refractivity contribution in [3.05, 3.63) is 12.7 Å². The molecule has 4 saturated carbocycles. The van der Waals surface area contributed by atoms with Crippen LogP contribution in [-0.4, -0.2) is 60.8 Å². The van der Waals surface area contributed by atoms with Crippen molar-refractivity contribution >= 4 is 31.9 Å². The van der Waals surface area contributed by atoms with Crippen molar-refractivity contribution in [2.75, 3.05) is 11.5 Å². The maximum absolute atomic E-state index is 14.1. The first-order chi connectivity index (χ1) is 20.3. The Balaban J connectivity index is 1.07. The second-order valence-electron chi connectivity index (χ2n) is 17.4. The zero-order valence-corrected chi connectivity index (χ0v) is 29.4. The molecule has 6 aliphatic rings. The fourth-order valence-corrected chi connectivity index (χ4v) is 16.8. The van der Waals surface area contributed by atoms with E-state index in [-0.39, 0.29) is 68.9 Å². The smallest absolute Gasteiger partial charge is 0.239 e. The molecule has 6 fully saturated rings. The van der Waals surface area contributed by atoms with E-state index >= 15 is 0 Å². The number of hydrogen-bond acceptors (Lipinski definition) is 6. The van der Waals surface area contributed by atoms with Gasteiger partial charge >= 0.3 is 0 Å². The molecule has 4 aliphatic carbocycles. The van der Waals surface area contributed by atoms with Gasteiger partial charge in [0.25, 0.3) is 0 Å². The lowest BCUT2D eigenvalue weighted by atomic mass is 9.69. The summed E-state index contributed by atoms with van der Waals surface area (Å²) in [4.78, 5) is 27.5. The molecule has 2 amide bonds. The van der Waals surface area contributed by atoms with Crippen LogP contribution in [0.1, 0.15) is 119 Å². The normalized spacial score (nSPS) is 39.0. The third-order valence-corrected chi connectivity index (χ3v) is 18.2. The summed E-state index contributed by atoms with van der Waals surface area (Å²) in [6, 6.07) is -0.436. The highest BCUT2D eigenvalue weighted by Crippen LogP contribution is 2.71. The minimum Gasteiger partial charge on any atom is -0.274 e. The van der Waals surface area contributed by atoms with Gasteiger partial charge in [-0.15, -0.1) is 6.58 Å². The van der Waals surface area contributed by atoms with E-state index in [4.69, 9.17) is 0 Å². The molecular formula is C34H54N2O6S2. The van der Waals surface area contributed by atoms with Crippen LogP contribution in [0.4, 0.5) is 0 Å². The second kappa shape index (κ2) is 10.0. The van der Waals surface area contributed by atoms with Gasteiger partial charge in [-0.05, 0) is 92.3 Å². The molecule has 0 radical (unpaired) electrons. The molecule has 0 unspecified atom stereocenters. The van der Waals surface area contributed by atoms with E-state index in [1.165, 1.54) is 8.61 Å². The van der Waals surface area contributed by atoms with E-state index in [1.54, 1.807) is 6.08 Å². The Morgan fingerprint density at radius 1 is 0.864 bits per heavy atom. The van der Waals surface area contributed by atoms with Gasteiger partial charge in [-0.1, -0.05) is 54.0 Å². The number of rotatable bonds is 10. The predicted octanol–water partition coefficient (Wildman–Crippen LogP) is 5.89. The maximum atomic E-state index is 14.1. The summed E-state index contributed by atoms with van der Waals surface area (Å²) in [5.41, 5.74) is -1.07. The number of fused-ring (bicyclic) bond motifs is 2. The number of nitrogens with zero attached hydrogens (tertiary/aromatic N) is 2. The van der Waals surface area contributed by atoms with E-state index in [0.717, 1.165) is 51.4 Å². The van der Waals surface area contributed by atoms with Crippen LogP contribution in [0, 0.1) is 44.8 Å². The minimum absolute atomic E-state index is 0.0637. The molecule has 2 heterocycles. The Morgan fingerprint density at radius 3 is 1.86 bits per heavy atom. The largest absolute Gasteiger partial charge is 0.274 e. The van der Waals surface area contributed by atoms with Crippen molar-refractivity contribution < 1.29 is 26.4 Å². The molecule has 0 aromatic heterocycles. The van der Waals surface area contributed by atoms with Gasteiger partial charge in [0.05, 0.1) is 23.6 Å². The third-order valence-electron chi connectivity index (χ3n) is 14.4. The molecule has 0 N–H and O–H groups in total. The van der Waals surface area contributed by atoms with Gasteiger partial charge in [0, 0.05) is 23.2 Å². The fraction of sp³-hybridized carbons (Fsp3) is 0.882. The first-order valence-electron chi connectivity index (χ1n) is 17.0. The van der Waals surface area contributed by atoms with Crippen molar-refractivity contribution in [2.45, 2.75) is 131 Å².